The normalized spacial score (nSPS) is 12.9. The first-order valence-corrected chi connectivity index (χ1v) is 7.39. The smallest absolute Gasteiger partial charge is 0.0931 e. The molecule has 0 aliphatic carbocycles. The van der Waals surface area contributed by atoms with E-state index in [1.54, 1.807) is 11.3 Å². The van der Waals surface area contributed by atoms with Gasteiger partial charge in [0.25, 0.3) is 0 Å². The van der Waals surface area contributed by atoms with E-state index in [9.17, 15) is 0 Å². The van der Waals surface area contributed by atoms with Gasteiger partial charge in [-0.3, -0.25) is 0 Å². The zero-order chi connectivity index (χ0) is 11.8. The van der Waals surface area contributed by atoms with Crippen molar-refractivity contribution in [3.8, 4) is 0 Å². The monoisotopic (exact) mass is 259 g/mol. The van der Waals surface area contributed by atoms with E-state index in [1.807, 2.05) is 6.07 Å². The number of rotatable bonds is 8. The van der Waals surface area contributed by atoms with Crippen molar-refractivity contribution in [3.63, 3.8) is 0 Å². The molecule has 3 heteroatoms. The van der Waals surface area contributed by atoms with Crippen LogP contribution in [0.2, 0.25) is 4.34 Å². The first kappa shape index (κ1) is 14.0. The standard InChI is InChI=1S/C13H22ClNS/c1-3-4-5-6-11(2)15-10-9-12-7-8-13(14)16-12/h7-8,11,15H,3-6,9-10H2,1-2H3. The van der Waals surface area contributed by atoms with E-state index in [0.717, 1.165) is 17.3 Å². The molecule has 1 heterocycles. The average Bonchev–Trinajstić information content (AvgIpc) is 2.65. The van der Waals surface area contributed by atoms with Crippen LogP contribution in [-0.2, 0) is 6.42 Å². The lowest BCUT2D eigenvalue weighted by molar-refractivity contribution is 0.491. The number of hydrogen-bond donors (Lipinski definition) is 1. The number of thiophene rings is 1. The van der Waals surface area contributed by atoms with Crippen molar-refractivity contribution in [2.24, 2.45) is 0 Å². The van der Waals surface area contributed by atoms with Crippen molar-refractivity contribution in [3.05, 3.63) is 21.3 Å². The van der Waals surface area contributed by atoms with Crippen molar-refractivity contribution in [2.75, 3.05) is 6.54 Å². The van der Waals surface area contributed by atoms with Crippen LogP contribution in [0.15, 0.2) is 12.1 Å². The Labute approximate surface area is 108 Å². The zero-order valence-corrected chi connectivity index (χ0v) is 11.8. The molecular weight excluding hydrogens is 238 g/mol. The van der Waals surface area contributed by atoms with E-state index in [4.69, 9.17) is 11.6 Å². The second-order valence-corrected chi connectivity index (χ2v) is 6.11. The molecule has 1 N–H and O–H groups in total. The maximum Gasteiger partial charge on any atom is 0.0931 e. The van der Waals surface area contributed by atoms with E-state index in [2.05, 4.69) is 25.2 Å². The summed E-state index contributed by atoms with van der Waals surface area (Å²) in [5.41, 5.74) is 0. The molecule has 1 aromatic rings. The number of nitrogens with one attached hydrogen (secondary N) is 1. The van der Waals surface area contributed by atoms with Crippen LogP contribution in [-0.4, -0.2) is 12.6 Å². The molecule has 0 fully saturated rings. The second kappa shape index (κ2) is 8.10. The maximum absolute atomic E-state index is 5.88. The molecule has 0 radical (unpaired) electrons. The van der Waals surface area contributed by atoms with Crippen molar-refractivity contribution >= 4 is 22.9 Å². The summed E-state index contributed by atoms with van der Waals surface area (Å²) in [6, 6.07) is 4.74. The van der Waals surface area contributed by atoms with Gasteiger partial charge in [-0.1, -0.05) is 37.8 Å². The van der Waals surface area contributed by atoms with Crippen LogP contribution >= 0.6 is 22.9 Å². The van der Waals surface area contributed by atoms with E-state index >= 15 is 0 Å². The summed E-state index contributed by atoms with van der Waals surface area (Å²) < 4.78 is 0.894. The molecule has 0 amide bonds. The van der Waals surface area contributed by atoms with Crippen molar-refractivity contribution in [1.29, 1.82) is 0 Å². The molecule has 0 saturated carbocycles. The van der Waals surface area contributed by atoms with Gasteiger partial charge in [0.05, 0.1) is 4.34 Å². The van der Waals surface area contributed by atoms with Crippen molar-refractivity contribution in [1.82, 2.24) is 5.32 Å². The van der Waals surface area contributed by atoms with Gasteiger partial charge < -0.3 is 5.32 Å². The Balaban J connectivity index is 2.06. The van der Waals surface area contributed by atoms with Gasteiger partial charge in [0.15, 0.2) is 0 Å². The van der Waals surface area contributed by atoms with Gasteiger partial charge >= 0.3 is 0 Å². The number of hydrogen-bond acceptors (Lipinski definition) is 2. The fourth-order valence-electron chi connectivity index (χ4n) is 1.73. The molecule has 1 rings (SSSR count). The molecule has 0 bridgehead atoms. The van der Waals surface area contributed by atoms with Crippen LogP contribution < -0.4 is 5.32 Å². The minimum absolute atomic E-state index is 0.641. The SMILES string of the molecule is CCCCCC(C)NCCc1ccc(Cl)s1. The van der Waals surface area contributed by atoms with Gasteiger partial charge in [-0.25, -0.2) is 0 Å². The lowest BCUT2D eigenvalue weighted by Crippen LogP contribution is -2.27. The second-order valence-electron chi connectivity index (χ2n) is 4.31. The topological polar surface area (TPSA) is 12.0 Å². The number of halogens is 1. The Hall–Kier alpha value is -0.0500. The lowest BCUT2D eigenvalue weighted by atomic mass is 10.1. The maximum atomic E-state index is 5.88. The van der Waals surface area contributed by atoms with Gasteiger partial charge in [-0.15, -0.1) is 11.3 Å². The fourth-order valence-corrected chi connectivity index (χ4v) is 2.82. The highest BCUT2D eigenvalue weighted by Gasteiger charge is 2.02. The summed E-state index contributed by atoms with van der Waals surface area (Å²) in [7, 11) is 0. The summed E-state index contributed by atoms with van der Waals surface area (Å²) >= 11 is 7.57. The Morgan fingerprint density at radius 3 is 2.81 bits per heavy atom. The molecule has 1 unspecified atom stereocenters. The fraction of sp³-hybridized carbons (Fsp3) is 0.692. The van der Waals surface area contributed by atoms with E-state index < -0.39 is 0 Å². The minimum Gasteiger partial charge on any atom is -0.314 e. The molecule has 92 valence electrons. The molecule has 1 aromatic heterocycles. The average molecular weight is 260 g/mol. The molecule has 1 nitrogen and oxygen atoms in total. The van der Waals surface area contributed by atoms with Crippen molar-refractivity contribution < 1.29 is 0 Å². The van der Waals surface area contributed by atoms with Crippen LogP contribution in [0.1, 0.15) is 44.4 Å². The van der Waals surface area contributed by atoms with Gasteiger partial charge in [0.1, 0.15) is 0 Å². The van der Waals surface area contributed by atoms with Gasteiger partial charge in [0.2, 0.25) is 0 Å². The molecule has 0 saturated heterocycles. The van der Waals surface area contributed by atoms with Gasteiger partial charge in [-0.2, -0.15) is 0 Å². The molecule has 1 atom stereocenters. The highest BCUT2D eigenvalue weighted by atomic mass is 35.5. The Kier molecular flexibility index (Phi) is 7.10. The zero-order valence-electron chi connectivity index (χ0n) is 10.3. The van der Waals surface area contributed by atoms with Crippen LogP contribution in [0.3, 0.4) is 0 Å². The van der Waals surface area contributed by atoms with Crippen LogP contribution in [0.5, 0.6) is 0 Å². The number of unbranched alkanes of at least 4 members (excludes halogenated alkanes) is 2. The van der Waals surface area contributed by atoms with E-state index in [-0.39, 0.29) is 0 Å². The summed E-state index contributed by atoms with van der Waals surface area (Å²) in [5, 5.41) is 3.56. The minimum atomic E-state index is 0.641. The van der Waals surface area contributed by atoms with Gasteiger partial charge in [0, 0.05) is 17.5 Å². The highest BCUT2D eigenvalue weighted by Crippen LogP contribution is 2.21. The summed E-state index contributed by atoms with van der Waals surface area (Å²) in [4.78, 5) is 1.37. The van der Waals surface area contributed by atoms with E-state index in [1.165, 1.54) is 30.6 Å². The van der Waals surface area contributed by atoms with Gasteiger partial charge in [-0.05, 0) is 31.9 Å². The molecule has 0 aliphatic heterocycles. The van der Waals surface area contributed by atoms with Crippen LogP contribution in [0.25, 0.3) is 0 Å². The largest absolute Gasteiger partial charge is 0.314 e. The third-order valence-electron chi connectivity index (χ3n) is 2.73. The quantitative estimate of drug-likeness (QED) is 0.678. The third-order valence-corrected chi connectivity index (χ3v) is 4.02. The third kappa shape index (κ3) is 5.88. The molecule has 16 heavy (non-hydrogen) atoms. The molecule has 0 spiro atoms. The molecular formula is C13H22ClNS. The Morgan fingerprint density at radius 1 is 1.38 bits per heavy atom. The first-order chi connectivity index (χ1) is 7.72. The Morgan fingerprint density at radius 2 is 2.19 bits per heavy atom. The van der Waals surface area contributed by atoms with E-state index in [0.29, 0.717) is 6.04 Å². The first-order valence-electron chi connectivity index (χ1n) is 6.20. The summed E-state index contributed by atoms with van der Waals surface area (Å²) in [6.45, 7) is 5.58. The molecule has 0 aliphatic rings. The lowest BCUT2D eigenvalue weighted by Gasteiger charge is -2.12. The summed E-state index contributed by atoms with van der Waals surface area (Å²) in [5.74, 6) is 0. The van der Waals surface area contributed by atoms with Crippen LogP contribution in [0, 0.1) is 0 Å². The predicted octanol–water partition coefficient (Wildman–Crippen LogP) is 4.50. The van der Waals surface area contributed by atoms with Crippen LogP contribution in [0.4, 0.5) is 0 Å². The highest BCUT2D eigenvalue weighted by molar-refractivity contribution is 7.16. The van der Waals surface area contributed by atoms with Crippen molar-refractivity contribution in [2.45, 2.75) is 52.0 Å². The molecule has 0 aromatic carbocycles. The Bertz CT molecular complexity index is 285. The predicted molar refractivity (Wildman–Crippen MR) is 74.6 cm³/mol. The summed E-state index contributed by atoms with van der Waals surface area (Å²) in [6.07, 6.45) is 6.39.